The summed E-state index contributed by atoms with van der Waals surface area (Å²) in [6.07, 6.45) is 0. The highest BCUT2D eigenvalue weighted by atomic mass is 79.9. The third-order valence-corrected chi connectivity index (χ3v) is 3.40. The Morgan fingerprint density at radius 3 is 2.53 bits per heavy atom. The topological polar surface area (TPSA) is 20.3 Å². The van der Waals surface area contributed by atoms with Crippen LogP contribution < -0.4 is 0 Å². The number of carbonyl (C=O) groups excluding carboxylic acids is 1. The third kappa shape index (κ3) is 3.20. The average molecular weight is 322 g/mol. The molecule has 0 spiro atoms. The first kappa shape index (κ1) is 13.7. The van der Waals surface area contributed by atoms with Crippen LogP contribution in [0.3, 0.4) is 0 Å². The van der Waals surface area contributed by atoms with E-state index in [-0.39, 0.29) is 11.5 Å². The molecule has 0 saturated heterocycles. The highest BCUT2D eigenvalue weighted by Gasteiger charge is 2.17. The van der Waals surface area contributed by atoms with E-state index in [9.17, 15) is 9.18 Å². The Morgan fingerprint density at radius 2 is 1.84 bits per heavy atom. The fourth-order valence-electron chi connectivity index (χ4n) is 1.80. The van der Waals surface area contributed by atoms with Crippen molar-refractivity contribution in [3.63, 3.8) is 0 Å². The normalized spacial score (nSPS) is 10.3. The van der Waals surface area contributed by atoms with Crippen LogP contribution in [0.1, 0.15) is 15.9 Å². The van der Waals surface area contributed by atoms with Gasteiger partial charge in [0.2, 0.25) is 0 Å². The van der Waals surface area contributed by atoms with Crippen molar-refractivity contribution in [2.24, 2.45) is 0 Å². The Labute approximate surface area is 120 Å². The van der Waals surface area contributed by atoms with Gasteiger partial charge in [-0.25, -0.2) is 4.39 Å². The molecule has 2 aromatic carbocycles. The van der Waals surface area contributed by atoms with Gasteiger partial charge in [0, 0.05) is 13.6 Å². The van der Waals surface area contributed by atoms with Crippen LogP contribution in [0.5, 0.6) is 0 Å². The molecule has 2 rings (SSSR count). The van der Waals surface area contributed by atoms with E-state index in [1.54, 1.807) is 19.2 Å². The van der Waals surface area contributed by atoms with Crippen LogP contribution in [0.25, 0.3) is 0 Å². The number of carbonyl (C=O) groups is 1. The molecule has 0 aromatic heterocycles. The van der Waals surface area contributed by atoms with E-state index in [1.165, 1.54) is 11.0 Å². The van der Waals surface area contributed by atoms with Crippen LogP contribution >= 0.6 is 15.9 Å². The van der Waals surface area contributed by atoms with Crippen molar-refractivity contribution in [3.8, 4) is 0 Å². The lowest BCUT2D eigenvalue weighted by molar-refractivity contribution is 0.0780. The number of amides is 1. The highest BCUT2D eigenvalue weighted by Crippen LogP contribution is 2.20. The smallest absolute Gasteiger partial charge is 0.256 e. The monoisotopic (exact) mass is 321 g/mol. The van der Waals surface area contributed by atoms with Crippen molar-refractivity contribution >= 4 is 21.8 Å². The summed E-state index contributed by atoms with van der Waals surface area (Å²) in [5.74, 6) is -0.852. The molecule has 0 aliphatic heterocycles. The van der Waals surface area contributed by atoms with E-state index < -0.39 is 5.82 Å². The lowest BCUT2D eigenvalue weighted by Crippen LogP contribution is -2.27. The molecule has 0 aliphatic carbocycles. The van der Waals surface area contributed by atoms with Gasteiger partial charge < -0.3 is 4.90 Å². The van der Waals surface area contributed by atoms with Gasteiger partial charge in [-0.15, -0.1) is 0 Å². The zero-order valence-corrected chi connectivity index (χ0v) is 12.0. The summed E-state index contributed by atoms with van der Waals surface area (Å²) in [4.78, 5) is 13.7. The lowest BCUT2D eigenvalue weighted by Gasteiger charge is -2.18. The van der Waals surface area contributed by atoms with E-state index in [0.717, 1.165) is 5.56 Å². The molecule has 0 radical (unpaired) electrons. The van der Waals surface area contributed by atoms with Crippen molar-refractivity contribution in [1.82, 2.24) is 4.90 Å². The summed E-state index contributed by atoms with van der Waals surface area (Å²) in [6, 6.07) is 14.3. The molecule has 0 aliphatic rings. The lowest BCUT2D eigenvalue weighted by atomic mass is 10.1. The van der Waals surface area contributed by atoms with Crippen molar-refractivity contribution in [2.45, 2.75) is 6.54 Å². The maximum absolute atomic E-state index is 13.9. The van der Waals surface area contributed by atoms with Crippen molar-refractivity contribution in [3.05, 3.63) is 69.9 Å². The van der Waals surface area contributed by atoms with Gasteiger partial charge in [0.05, 0.1) is 10.0 Å². The Morgan fingerprint density at radius 1 is 1.16 bits per heavy atom. The molecular formula is C15H13BrFNO. The van der Waals surface area contributed by atoms with Crippen LogP contribution in [0.2, 0.25) is 0 Å². The van der Waals surface area contributed by atoms with Gasteiger partial charge in [-0.05, 0) is 33.6 Å². The first-order valence-electron chi connectivity index (χ1n) is 5.83. The minimum atomic E-state index is -0.521. The number of hydrogen-bond donors (Lipinski definition) is 0. The molecule has 0 heterocycles. The summed E-state index contributed by atoms with van der Waals surface area (Å²) < 4.78 is 14.2. The van der Waals surface area contributed by atoms with Crippen LogP contribution in [0, 0.1) is 5.82 Å². The standard InChI is InChI=1S/C15H13BrFNO/c1-18(10-11-6-3-2-4-7-11)15(19)12-8-5-9-13(16)14(12)17/h2-9H,10H2,1H3. The van der Waals surface area contributed by atoms with Crippen LogP contribution in [0.4, 0.5) is 4.39 Å². The van der Waals surface area contributed by atoms with Gasteiger partial charge in [0.25, 0.3) is 5.91 Å². The largest absolute Gasteiger partial charge is 0.337 e. The molecule has 98 valence electrons. The molecule has 0 atom stereocenters. The summed E-state index contributed by atoms with van der Waals surface area (Å²) >= 11 is 3.08. The zero-order chi connectivity index (χ0) is 13.8. The molecule has 0 saturated carbocycles. The summed E-state index contributed by atoms with van der Waals surface area (Å²) in [6.45, 7) is 0.450. The maximum Gasteiger partial charge on any atom is 0.256 e. The molecule has 0 fully saturated rings. The summed E-state index contributed by atoms with van der Waals surface area (Å²) in [5.41, 5.74) is 1.08. The quantitative estimate of drug-likeness (QED) is 0.840. The molecule has 1 amide bonds. The van der Waals surface area contributed by atoms with E-state index >= 15 is 0 Å². The van der Waals surface area contributed by atoms with Crippen molar-refractivity contribution < 1.29 is 9.18 Å². The number of halogens is 2. The molecule has 4 heteroatoms. The van der Waals surface area contributed by atoms with Gasteiger partial charge in [0.15, 0.2) is 0 Å². The van der Waals surface area contributed by atoms with Gasteiger partial charge >= 0.3 is 0 Å². The summed E-state index contributed by atoms with van der Waals surface area (Å²) in [5, 5.41) is 0. The maximum atomic E-state index is 13.9. The minimum Gasteiger partial charge on any atom is -0.337 e. The van der Waals surface area contributed by atoms with Gasteiger partial charge in [0.1, 0.15) is 5.82 Å². The second-order valence-corrected chi connectivity index (χ2v) is 5.10. The first-order valence-corrected chi connectivity index (χ1v) is 6.62. The first-order chi connectivity index (χ1) is 9.09. The van der Waals surface area contributed by atoms with Crippen LogP contribution in [0.15, 0.2) is 53.0 Å². The Hall–Kier alpha value is -1.68. The van der Waals surface area contributed by atoms with E-state index in [2.05, 4.69) is 15.9 Å². The fraction of sp³-hybridized carbons (Fsp3) is 0.133. The Balaban J connectivity index is 2.18. The molecule has 2 aromatic rings. The Kier molecular flexibility index (Phi) is 4.32. The zero-order valence-electron chi connectivity index (χ0n) is 10.4. The average Bonchev–Trinajstić information content (AvgIpc) is 2.42. The molecule has 19 heavy (non-hydrogen) atoms. The molecular weight excluding hydrogens is 309 g/mol. The summed E-state index contributed by atoms with van der Waals surface area (Å²) in [7, 11) is 1.66. The minimum absolute atomic E-state index is 0.0767. The molecule has 2 nitrogen and oxygen atoms in total. The predicted octanol–water partition coefficient (Wildman–Crippen LogP) is 3.86. The van der Waals surface area contributed by atoms with E-state index in [4.69, 9.17) is 0 Å². The molecule has 0 bridgehead atoms. The predicted molar refractivity (Wildman–Crippen MR) is 76.3 cm³/mol. The van der Waals surface area contributed by atoms with Gasteiger partial charge in [-0.1, -0.05) is 36.4 Å². The van der Waals surface area contributed by atoms with E-state index in [1.807, 2.05) is 30.3 Å². The fourth-order valence-corrected chi connectivity index (χ4v) is 2.17. The Bertz CT molecular complexity index is 586. The number of hydrogen-bond acceptors (Lipinski definition) is 1. The van der Waals surface area contributed by atoms with Crippen molar-refractivity contribution in [2.75, 3.05) is 7.05 Å². The number of nitrogens with zero attached hydrogens (tertiary/aromatic N) is 1. The van der Waals surface area contributed by atoms with Crippen molar-refractivity contribution in [1.29, 1.82) is 0 Å². The SMILES string of the molecule is CN(Cc1ccccc1)C(=O)c1cccc(Br)c1F. The molecule has 0 N–H and O–H groups in total. The molecule has 0 unspecified atom stereocenters. The third-order valence-electron chi connectivity index (χ3n) is 2.79. The second kappa shape index (κ2) is 5.97. The highest BCUT2D eigenvalue weighted by molar-refractivity contribution is 9.10. The van der Waals surface area contributed by atoms with Gasteiger partial charge in [-0.3, -0.25) is 4.79 Å². The second-order valence-electron chi connectivity index (χ2n) is 4.25. The number of benzene rings is 2. The number of rotatable bonds is 3. The van der Waals surface area contributed by atoms with Gasteiger partial charge in [-0.2, -0.15) is 0 Å². The van der Waals surface area contributed by atoms with E-state index in [0.29, 0.717) is 11.0 Å². The van der Waals surface area contributed by atoms with Crippen LogP contribution in [-0.2, 0) is 6.54 Å². The van der Waals surface area contributed by atoms with Crippen LogP contribution in [-0.4, -0.2) is 17.9 Å².